The van der Waals surface area contributed by atoms with Crippen LogP contribution < -0.4 is 15.7 Å². The summed E-state index contributed by atoms with van der Waals surface area (Å²) in [6.45, 7) is 0.643. The fraction of sp³-hybridized carbons (Fsp3) is 0.700. The smallest absolute Gasteiger partial charge is 0.242 e. The predicted molar refractivity (Wildman–Crippen MR) is 61.1 cm³/mol. The van der Waals surface area contributed by atoms with Crippen LogP contribution in [0.5, 0.6) is 0 Å². The van der Waals surface area contributed by atoms with Gasteiger partial charge in [-0.3, -0.25) is 9.59 Å². The van der Waals surface area contributed by atoms with Gasteiger partial charge in [-0.15, -0.1) is 11.8 Å². The van der Waals surface area contributed by atoms with Gasteiger partial charge in [0.2, 0.25) is 11.8 Å². The van der Waals surface area contributed by atoms with E-state index in [1.165, 1.54) is 0 Å². The molecule has 1 saturated heterocycles. The zero-order valence-corrected chi connectivity index (χ0v) is 10.2. The molecule has 1 heterocycles. The minimum Gasteiger partial charge on any atom is -0.549 e. The highest BCUT2D eigenvalue weighted by molar-refractivity contribution is 8.00. The lowest BCUT2D eigenvalue weighted by Gasteiger charge is -2.14. The van der Waals surface area contributed by atoms with Crippen LogP contribution in [-0.2, 0) is 14.4 Å². The van der Waals surface area contributed by atoms with Crippen molar-refractivity contribution in [2.24, 2.45) is 0 Å². The van der Waals surface area contributed by atoms with Gasteiger partial charge in [0, 0.05) is 12.3 Å². The molecule has 0 saturated carbocycles. The van der Waals surface area contributed by atoms with Gasteiger partial charge in [0.1, 0.15) is 6.04 Å². The van der Waals surface area contributed by atoms with Crippen LogP contribution in [0.4, 0.5) is 0 Å². The Hall–Kier alpha value is -1.24. The van der Waals surface area contributed by atoms with Crippen molar-refractivity contribution in [2.75, 3.05) is 18.1 Å². The van der Waals surface area contributed by atoms with Gasteiger partial charge in [0.15, 0.2) is 0 Å². The van der Waals surface area contributed by atoms with Gasteiger partial charge >= 0.3 is 0 Å². The van der Waals surface area contributed by atoms with E-state index >= 15 is 0 Å². The molecule has 0 aliphatic carbocycles. The molecule has 0 aromatic carbocycles. The Morgan fingerprint density at radius 1 is 1.41 bits per heavy atom. The van der Waals surface area contributed by atoms with Crippen molar-refractivity contribution in [3.63, 3.8) is 0 Å². The van der Waals surface area contributed by atoms with E-state index in [1.807, 2.05) is 0 Å². The van der Waals surface area contributed by atoms with E-state index in [-0.39, 0.29) is 23.3 Å². The number of nitrogens with one attached hydrogen (secondary N) is 2. The van der Waals surface area contributed by atoms with Crippen LogP contribution in [0, 0.1) is 0 Å². The third-order valence-electron chi connectivity index (χ3n) is 2.32. The van der Waals surface area contributed by atoms with E-state index in [1.54, 1.807) is 0 Å². The quantitative estimate of drug-likeness (QED) is 0.610. The van der Waals surface area contributed by atoms with Gasteiger partial charge in [-0.2, -0.15) is 0 Å². The maximum Gasteiger partial charge on any atom is 0.242 e. The minimum atomic E-state index is -1.20. The molecule has 1 aliphatic rings. The molecule has 1 rings (SSSR count). The van der Waals surface area contributed by atoms with E-state index in [0.29, 0.717) is 13.0 Å². The Balaban J connectivity index is 2.28. The number of carbonyl (C=O) groups excluding carboxylic acids is 3. The topological polar surface area (TPSA) is 98.3 Å². The highest BCUT2D eigenvalue weighted by Gasteiger charge is 2.21. The zero-order chi connectivity index (χ0) is 12.7. The molecule has 0 radical (unpaired) electrons. The van der Waals surface area contributed by atoms with Crippen LogP contribution in [0.25, 0.3) is 0 Å². The first-order chi connectivity index (χ1) is 8.09. The average molecular weight is 259 g/mol. The lowest BCUT2D eigenvalue weighted by atomic mass is 10.1. The van der Waals surface area contributed by atoms with Gasteiger partial charge in [0.05, 0.1) is 11.7 Å². The van der Waals surface area contributed by atoms with Gasteiger partial charge in [-0.1, -0.05) is 0 Å². The van der Waals surface area contributed by atoms with E-state index in [9.17, 15) is 19.5 Å². The highest BCUT2D eigenvalue weighted by Crippen LogP contribution is 2.06. The second-order valence-corrected chi connectivity index (χ2v) is 4.76. The van der Waals surface area contributed by atoms with Crippen molar-refractivity contribution in [1.82, 2.24) is 10.6 Å². The zero-order valence-electron chi connectivity index (χ0n) is 9.36. The van der Waals surface area contributed by atoms with E-state index < -0.39 is 12.0 Å². The molecule has 1 fully saturated rings. The minimum absolute atomic E-state index is 0.0256. The summed E-state index contributed by atoms with van der Waals surface area (Å²) in [4.78, 5) is 33.1. The number of aliphatic carboxylic acids is 1. The summed E-state index contributed by atoms with van der Waals surface area (Å²) >= 11 is 0.959. The van der Waals surface area contributed by atoms with Crippen LogP contribution in [0.2, 0.25) is 0 Å². The van der Waals surface area contributed by atoms with Crippen molar-refractivity contribution < 1.29 is 19.5 Å². The number of carboxylic acids is 1. The van der Waals surface area contributed by atoms with Crippen LogP contribution in [0.1, 0.15) is 19.3 Å². The Morgan fingerprint density at radius 3 is 2.88 bits per heavy atom. The number of hydrogen-bond acceptors (Lipinski definition) is 5. The summed E-state index contributed by atoms with van der Waals surface area (Å²) in [5.41, 5.74) is 0. The molecule has 1 atom stereocenters. The summed E-state index contributed by atoms with van der Waals surface area (Å²) in [7, 11) is 0. The van der Waals surface area contributed by atoms with E-state index in [2.05, 4.69) is 10.6 Å². The number of carbonyl (C=O) groups is 3. The second-order valence-electron chi connectivity index (χ2n) is 3.77. The molecule has 1 aliphatic heterocycles. The third-order valence-corrected chi connectivity index (χ3v) is 3.23. The Morgan fingerprint density at radius 2 is 2.18 bits per heavy atom. The highest BCUT2D eigenvalue weighted by atomic mass is 32.2. The second kappa shape index (κ2) is 7.16. The molecule has 0 bridgehead atoms. The molecular formula is C10H15N2O4S-. The molecular weight excluding hydrogens is 244 g/mol. The Kier molecular flexibility index (Phi) is 5.82. The van der Waals surface area contributed by atoms with Crippen LogP contribution in [0.15, 0.2) is 0 Å². The van der Waals surface area contributed by atoms with Crippen LogP contribution in [-0.4, -0.2) is 41.9 Å². The molecule has 0 spiro atoms. The maximum atomic E-state index is 11.5. The molecule has 2 amide bonds. The molecule has 0 aromatic heterocycles. The number of thioether (sulfide) groups is 1. The van der Waals surface area contributed by atoms with Crippen molar-refractivity contribution in [3.8, 4) is 0 Å². The fourth-order valence-electron chi connectivity index (χ4n) is 1.54. The first kappa shape index (κ1) is 13.8. The van der Waals surface area contributed by atoms with Gasteiger partial charge in [0.25, 0.3) is 0 Å². The molecule has 0 unspecified atom stereocenters. The molecule has 7 heteroatoms. The predicted octanol–water partition coefficient (Wildman–Crippen LogP) is -1.75. The van der Waals surface area contributed by atoms with Crippen LogP contribution in [0.3, 0.4) is 0 Å². The average Bonchev–Trinajstić information content (AvgIpc) is 2.44. The monoisotopic (exact) mass is 259 g/mol. The summed E-state index contributed by atoms with van der Waals surface area (Å²) in [5.74, 6) is -1.88. The summed E-state index contributed by atoms with van der Waals surface area (Å²) in [6, 6.07) is -0.492. The first-order valence-electron chi connectivity index (χ1n) is 5.44. The van der Waals surface area contributed by atoms with E-state index in [4.69, 9.17) is 0 Å². The van der Waals surface area contributed by atoms with E-state index in [0.717, 1.165) is 24.6 Å². The van der Waals surface area contributed by atoms with Gasteiger partial charge in [-0.25, -0.2) is 0 Å². The molecule has 17 heavy (non-hydrogen) atoms. The maximum absolute atomic E-state index is 11.5. The fourth-order valence-corrected chi connectivity index (χ4v) is 2.08. The molecule has 96 valence electrons. The van der Waals surface area contributed by atoms with Crippen LogP contribution >= 0.6 is 11.8 Å². The van der Waals surface area contributed by atoms with Gasteiger partial charge < -0.3 is 20.5 Å². The largest absolute Gasteiger partial charge is 0.549 e. The number of rotatable bonds is 5. The molecule has 2 N–H and O–H groups in total. The lowest BCUT2D eigenvalue weighted by Crippen LogP contribution is -2.46. The normalized spacial score (nSPS) is 20.2. The Labute approximate surface area is 104 Å². The van der Waals surface area contributed by atoms with Gasteiger partial charge in [-0.05, 0) is 19.3 Å². The summed E-state index contributed by atoms with van der Waals surface area (Å²) < 4.78 is 0. The van der Waals surface area contributed by atoms with Crippen molar-refractivity contribution in [1.29, 1.82) is 0 Å². The molecule has 6 nitrogen and oxygen atoms in total. The number of amides is 2. The standard InChI is InChI=1S/C10H16N2O4S/c13-8(5-17-6-9(14)15)12-7-3-1-2-4-11-10(7)16/h7H,1-6H2,(H,11,16)(H,12,13)(H,14,15)/p-1/t7-/m0/s1. The van der Waals surface area contributed by atoms with Crippen molar-refractivity contribution >= 4 is 29.5 Å². The summed E-state index contributed by atoms with van der Waals surface area (Å²) in [5, 5.41) is 15.4. The van der Waals surface area contributed by atoms with Crippen molar-refractivity contribution in [2.45, 2.75) is 25.3 Å². The Bertz CT molecular complexity index is 309. The first-order valence-corrected chi connectivity index (χ1v) is 6.59. The SMILES string of the molecule is O=C([O-])CSCC(=O)N[C@H]1CCCCNC1=O. The third kappa shape index (κ3) is 5.58. The molecule has 0 aromatic rings. The number of carboxylic acid groups (broad SMARTS) is 1. The van der Waals surface area contributed by atoms with Crippen molar-refractivity contribution in [3.05, 3.63) is 0 Å². The lowest BCUT2D eigenvalue weighted by molar-refractivity contribution is -0.301. The summed E-state index contributed by atoms with van der Waals surface area (Å²) in [6.07, 6.45) is 2.43. The number of hydrogen-bond donors (Lipinski definition) is 2.